The molecule has 33 heavy (non-hydrogen) atoms. The first-order valence-corrected chi connectivity index (χ1v) is 10.4. The molecule has 0 aliphatic carbocycles. The number of nitrogens with two attached hydrogens (primary N) is 1. The van der Waals surface area contributed by atoms with E-state index in [0.29, 0.717) is 24.9 Å². The molecule has 0 saturated heterocycles. The molecule has 0 fully saturated rings. The van der Waals surface area contributed by atoms with Gasteiger partial charge < -0.3 is 21.4 Å². The standard InChI is InChI=1S/C22H23N9O2/c1-2-14-3-5-15(6-4-14)20-16(17-12-24-13-28-17)11-27-22(30-20)26-10-9-25-19-8-7-18(31(32)33)21(23)29-19/h3-8,11-13H,2,9-10H2,1H3,(H,24,28)(H3,23,25,29)(H,26,27,30). The minimum Gasteiger partial charge on any atom is -0.378 e. The average Bonchev–Trinajstić information content (AvgIpc) is 3.36. The van der Waals surface area contributed by atoms with Crippen LogP contribution >= 0.6 is 0 Å². The first kappa shape index (κ1) is 21.7. The molecule has 0 bridgehead atoms. The van der Waals surface area contributed by atoms with Gasteiger partial charge in [0.2, 0.25) is 11.8 Å². The van der Waals surface area contributed by atoms with Gasteiger partial charge in [0, 0.05) is 36.5 Å². The summed E-state index contributed by atoms with van der Waals surface area (Å²) in [4.78, 5) is 30.7. The van der Waals surface area contributed by atoms with Crippen molar-refractivity contribution in [3.8, 4) is 22.5 Å². The zero-order valence-electron chi connectivity index (χ0n) is 17.9. The van der Waals surface area contributed by atoms with Crippen molar-refractivity contribution in [3.05, 3.63) is 70.8 Å². The number of rotatable bonds is 9. The summed E-state index contributed by atoms with van der Waals surface area (Å²) in [6.45, 7) is 3.10. The van der Waals surface area contributed by atoms with Crippen molar-refractivity contribution in [1.29, 1.82) is 0 Å². The molecule has 4 aromatic rings. The fourth-order valence-electron chi connectivity index (χ4n) is 3.27. The number of nitro groups is 1. The number of nitrogens with zero attached hydrogens (tertiary/aromatic N) is 5. The summed E-state index contributed by atoms with van der Waals surface area (Å²) in [5, 5.41) is 17.1. The Bertz CT molecular complexity index is 1240. The van der Waals surface area contributed by atoms with Crippen LogP contribution in [0.15, 0.2) is 55.1 Å². The van der Waals surface area contributed by atoms with Crippen molar-refractivity contribution in [2.75, 3.05) is 29.5 Å². The third-order valence-electron chi connectivity index (χ3n) is 5.03. The molecule has 11 nitrogen and oxygen atoms in total. The number of anilines is 3. The molecule has 0 saturated carbocycles. The van der Waals surface area contributed by atoms with Gasteiger partial charge in [-0.25, -0.2) is 19.9 Å². The van der Waals surface area contributed by atoms with E-state index in [9.17, 15) is 10.1 Å². The lowest BCUT2D eigenvalue weighted by Crippen LogP contribution is -2.16. The van der Waals surface area contributed by atoms with Crippen LogP contribution in [0.1, 0.15) is 12.5 Å². The molecule has 11 heteroatoms. The fourth-order valence-corrected chi connectivity index (χ4v) is 3.27. The second kappa shape index (κ2) is 9.73. The zero-order valence-corrected chi connectivity index (χ0v) is 17.9. The van der Waals surface area contributed by atoms with E-state index in [0.717, 1.165) is 28.9 Å². The van der Waals surface area contributed by atoms with Gasteiger partial charge in [-0.05, 0) is 18.1 Å². The molecule has 0 aliphatic heterocycles. The molecule has 3 heterocycles. The van der Waals surface area contributed by atoms with Crippen LogP contribution in [0.4, 0.5) is 23.3 Å². The lowest BCUT2D eigenvalue weighted by atomic mass is 10.0. The van der Waals surface area contributed by atoms with Crippen LogP contribution in [0, 0.1) is 10.1 Å². The van der Waals surface area contributed by atoms with E-state index in [2.05, 4.69) is 61.8 Å². The van der Waals surface area contributed by atoms with E-state index in [4.69, 9.17) is 10.7 Å². The summed E-state index contributed by atoms with van der Waals surface area (Å²) in [6, 6.07) is 11.1. The van der Waals surface area contributed by atoms with Gasteiger partial charge in [0.15, 0.2) is 0 Å². The molecule has 4 rings (SSSR count). The highest BCUT2D eigenvalue weighted by atomic mass is 16.6. The molecule has 5 N–H and O–H groups in total. The van der Waals surface area contributed by atoms with E-state index in [1.807, 2.05) is 0 Å². The number of aryl methyl sites for hydroxylation is 1. The Labute approximate surface area is 189 Å². The maximum atomic E-state index is 10.8. The minimum absolute atomic E-state index is 0.130. The number of benzene rings is 1. The number of pyridine rings is 1. The number of aromatic amines is 1. The molecule has 3 aromatic heterocycles. The summed E-state index contributed by atoms with van der Waals surface area (Å²) < 4.78 is 0. The number of hydrogen-bond donors (Lipinski definition) is 4. The topological polar surface area (TPSA) is 161 Å². The van der Waals surface area contributed by atoms with E-state index in [1.54, 1.807) is 18.7 Å². The molecular formula is C22H23N9O2. The Kier molecular flexibility index (Phi) is 6.39. The smallest absolute Gasteiger partial charge is 0.311 e. The number of nitrogens with one attached hydrogen (secondary N) is 3. The van der Waals surface area contributed by atoms with Gasteiger partial charge in [-0.15, -0.1) is 0 Å². The van der Waals surface area contributed by atoms with Crippen LogP contribution in [0.3, 0.4) is 0 Å². The lowest BCUT2D eigenvalue weighted by Gasteiger charge is -2.12. The van der Waals surface area contributed by atoms with Crippen molar-refractivity contribution in [2.24, 2.45) is 0 Å². The monoisotopic (exact) mass is 445 g/mol. The first-order chi connectivity index (χ1) is 16.0. The van der Waals surface area contributed by atoms with Gasteiger partial charge in [-0.2, -0.15) is 0 Å². The highest BCUT2D eigenvalue weighted by Gasteiger charge is 2.14. The Morgan fingerprint density at radius 3 is 2.52 bits per heavy atom. The summed E-state index contributed by atoms with van der Waals surface area (Å²) in [7, 11) is 0. The molecule has 0 atom stereocenters. The van der Waals surface area contributed by atoms with E-state index >= 15 is 0 Å². The van der Waals surface area contributed by atoms with Crippen LogP contribution in [0.5, 0.6) is 0 Å². The molecule has 0 amide bonds. The molecule has 0 spiro atoms. The van der Waals surface area contributed by atoms with Gasteiger partial charge in [-0.3, -0.25) is 10.1 Å². The van der Waals surface area contributed by atoms with Crippen molar-refractivity contribution >= 4 is 23.3 Å². The Balaban J connectivity index is 1.47. The predicted molar refractivity (Wildman–Crippen MR) is 127 cm³/mol. The summed E-state index contributed by atoms with van der Waals surface area (Å²) in [6.07, 6.45) is 6.09. The highest BCUT2D eigenvalue weighted by Crippen LogP contribution is 2.29. The molecule has 0 unspecified atom stereocenters. The average molecular weight is 445 g/mol. The number of aromatic nitrogens is 5. The first-order valence-electron chi connectivity index (χ1n) is 10.4. The van der Waals surface area contributed by atoms with Gasteiger partial charge in [0.25, 0.3) is 0 Å². The summed E-state index contributed by atoms with van der Waals surface area (Å²) >= 11 is 0. The number of imidazole rings is 1. The van der Waals surface area contributed by atoms with Crippen LogP contribution < -0.4 is 16.4 Å². The number of H-pyrrole nitrogens is 1. The van der Waals surface area contributed by atoms with Gasteiger partial charge in [0.1, 0.15) is 5.82 Å². The maximum Gasteiger partial charge on any atom is 0.311 e. The van der Waals surface area contributed by atoms with Crippen LogP contribution in [-0.4, -0.2) is 42.9 Å². The van der Waals surface area contributed by atoms with Gasteiger partial charge in [-0.1, -0.05) is 31.2 Å². The van der Waals surface area contributed by atoms with E-state index < -0.39 is 4.92 Å². The minimum atomic E-state index is -0.564. The van der Waals surface area contributed by atoms with E-state index in [1.165, 1.54) is 17.7 Å². The maximum absolute atomic E-state index is 10.8. The van der Waals surface area contributed by atoms with Gasteiger partial charge in [0.05, 0.1) is 28.8 Å². The Morgan fingerprint density at radius 2 is 1.85 bits per heavy atom. The van der Waals surface area contributed by atoms with Crippen molar-refractivity contribution in [3.63, 3.8) is 0 Å². The third-order valence-corrected chi connectivity index (χ3v) is 5.03. The van der Waals surface area contributed by atoms with Crippen molar-refractivity contribution in [1.82, 2.24) is 24.9 Å². The Morgan fingerprint density at radius 1 is 1.06 bits per heavy atom. The Hall–Kier alpha value is -4.54. The van der Waals surface area contributed by atoms with Crippen molar-refractivity contribution < 1.29 is 4.92 Å². The number of hydrogen-bond acceptors (Lipinski definition) is 9. The largest absolute Gasteiger partial charge is 0.378 e. The second-order valence-electron chi connectivity index (χ2n) is 7.18. The van der Waals surface area contributed by atoms with Crippen LogP contribution in [-0.2, 0) is 6.42 Å². The van der Waals surface area contributed by atoms with Crippen molar-refractivity contribution in [2.45, 2.75) is 13.3 Å². The van der Waals surface area contributed by atoms with Crippen LogP contribution in [0.2, 0.25) is 0 Å². The summed E-state index contributed by atoms with van der Waals surface area (Å²) in [5.41, 5.74) is 10.1. The quantitative estimate of drug-likeness (QED) is 0.172. The number of nitrogen functional groups attached to an aromatic ring is 1. The normalized spacial score (nSPS) is 10.7. The molecule has 1 aromatic carbocycles. The predicted octanol–water partition coefficient (Wildman–Crippen LogP) is 3.51. The van der Waals surface area contributed by atoms with Gasteiger partial charge >= 0.3 is 5.69 Å². The zero-order chi connectivity index (χ0) is 23.2. The SMILES string of the molecule is CCc1ccc(-c2nc(NCCNc3ccc([N+](=O)[O-])c(N)n3)ncc2-c2cnc[nH]2)cc1. The lowest BCUT2D eigenvalue weighted by molar-refractivity contribution is -0.384. The molecule has 168 valence electrons. The van der Waals surface area contributed by atoms with E-state index in [-0.39, 0.29) is 11.5 Å². The second-order valence-corrected chi connectivity index (χ2v) is 7.18. The third kappa shape index (κ3) is 5.03. The summed E-state index contributed by atoms with van der Waals surface area (Å²) in [5.74, 6) is 0.798. The fraction of sp³-hybridized carbons (Fsp3) is 0.182. The molecule has 0 aliphatic rings. The highest BCUT2D eigenvalue weighted by molar-refractivity contribution is 5.79. The van der Waals surface area contributed by atoms with Crippen LogP contribution in [0.25, 0.3) is 22.5 Å². The molecular weight excluding hydrogens is 422 g/mol. The molecule has 0 radical (unpaired) electrons.